The van der Waals surface area contributed by atoms with E-state index in [0.717, 1.165) is 0 Å². The number of nitrogens with one attached hydrogen (secondary N) is 1. The smallest absolute Gasteiger partial charge is 0.129 e. The van der Waals surface area contributed by atoms with Crippen molar-refractivity contribution in [3.8, 4) is 11.5 Å². The van der Waals surface area contributed by atoms with E-state index in [4.69, 9.17) is 0 Å². The molecule has 1 fully saturated rings. The second kappa shape index (κ2) is 6.50. The zero-order valence-corrected chi connectivity index (χ0v) is 14.7. The van der Waals surface area contributed by atoms with Crippen molar-refractivity contribution in [2.45, 2.75) is 82.3 Å². The molecule has 1 aliphatic heterocycles. The molecule has 0 aromatic heterocycles. The van der Waals surface area contributed by atoms with Crippen LogP contribution >= 0.6 is 11.8 Å². The number of hydrogen-bond donors (Lipinski definition) is 1. The Labute approximate surface area is 119 Å². The maximum absolute atomic E-state index is 3.69. The van der Waals surface area contributed by atoms with E-state index in [1.165, 1.54) is 25.7 Å². The molecule has 3 heteroatoms. The van der Waals surface area contributed by atoms with Gasteiger partial charge in [0.05, 0.1) is 10.9 Å². The summed E-state index contributed by atoms with van der Waals surface area (Å²) in [6, 6.07) is 0.397. The highest BCUT2D eigenvalue weighted by Gasteiger charge is 2.37. The molecule has 18 heavy (non-hydrogen) atoms. The van der Waals surface area contributed by atoms with Crippen molar-refractivity contribution in [3.05, 3.63) is 0 Å². The molecule has 1 saturated heterocycles. The van der Waals surface area contributed by atoms with Crippen molar-refractivity contribution in [1.29, 1.82) is 0 Å². The van der Waals surface area contributed by atoms with Gasteiger partial charge in [-0.25, -0.2) is 0 Å². The number of rotatable bonds is 4. The fraction of sp³-hybridized carbons (Fsp3) is 0.867. The minimum atomic E-state index is -1.25. The highest BCUT2D eigenvalue weighted by Crippen LogP contribution is 2.38. The van der Waals surface area contributed by atoms with Crippen LogP contribution in [0.4, 0.5) is 0 Å². The summed E-state index contributed by atoms with van der Waals surface area (Å²) in [6.45, 7) is 13.8. The standard InChI is InChI=1S/C15H29NSSi/c1-7-8-9-10-14-13(11-12-18(4,5)6)16-15(2,3)17-14/h13-14,16H,7-10H2,1-6H3. The second-order valence-electron chi connectivity index (χ2n) is 6.80. The lowest BCUT2D eigenvalue weighted by molar-refractivity contribution is 0.509. The van der Waals surface area contributed by atoms with Crippen LogP contribution in [-0.2, 0) is 0 Å². The van der Waals surface area contributed by atoms with Gasteiger partial charge in [0, 0.05) is 5.25 Å². The molecule has 0 spiro atoms. The van der Waals surface area contributed by atoms with Gasteiger partial charge in [-0.3, -0.25) is 5.32 Å². The molecular weight excluding hydrogens is 254 g/mol. The minimum absolute atomic E-state index is 0.190. The van der Waals surface area contributed by atoms with Gasteiger partial charge >= 0.3 is 0 Å². The normalized spacial score (nSPS) is 26.8. The van der Waals surface area contributed by atoms with E-state index in [1.807, 2.05) is 0 Å². The molecule has 0 bridgehead atoms. The first-order valence-electron chi connectivity index (χ1n) is 7.22. The molecule has 0 aromatic rings. The van der Waals surface area contributed by atoms with E-state index in [9.17, 15) is 0 Å². The zero-order valence-electron chi connectivity index (χ0n) is 12.9. The quantitative estimate of drug-likeness (QED) is 0.470. The van der Waals surface area contributed by atoms with Crippen LogP contribution < -0.4 is 5.32 Å². The molecule has 0 radical (unpaired) electrons. The Balaban J connectivity index is 2.63. The second-order valence-corrected chi connectivity index (χ2v) is 13.4. The number of unbranched alkanes of at least 4 members (excludes halogenated alkanes) is 2. The van der Waals surface area contributed by atoms with Gasteiger partial charge in [0.2, 0.25) is 0 Å². The van der Waals surface area contributed by atoms with Crippen LogP contribution in [-0.4, -0.2) is 24.2 Å². The highest BCUT2D eigenvalue weighted by atomic mass is 32.2. The van der Waals surface area contributed by atoms with Gasteiger partial charge in [0.1, 0.15) is 8.07 Å². The van der Waals surface area contributed by atoms with Crippen molar-refractivity contribution in [2.75, 3.05) is 0 Å². The lowest BCUT2D eigenvalue weighted by Crippen LogP contribution is -2.37. The molecule has 1 N–H and O–H groups in total. The van der Waals surface area contributed by atoms with Crippen LogP contribution in [0, 0.1) is 11.5 Å². The Bertz CT molecular complexity index is 322. The van der Waals surface area contributed by atoms with Gasteiger partial charge in [-0.05, 0) is 20.3 Å². The predicted molar refractivity (Wildman–Crippen MR) is 87.6 cm³/mol. The molecule has 1 rings (SSSR count). The van der Waals surface area contributed by atoms with Crippen molar-refractivity contribution in [2.24, 2.45) is 0 Å². The van der Waals surface area contributed by atoms with Gasteiger partial charge in [-0.2, -0.15) is 0 Å². The molecule has 1 aliphatic rings. The summed E-state index contributed by atoms with van der Waals surface area (Å²) >= 11 is 2.08. The summed E-state index contributed by atoms with van der Waals surface area (Å²) in [7, 11) is -1.25. The number of thioether (sulfide) groups is 1. The maximum Gasteiger partial charge on any atom is 0.129 e. The van der Waals surface area contributed by atoms with Crippen LogP contribution in [0.25, 0.3) is 0 Å². The molecule has 0 aromatic carbocycles. The number of hydrogen-bond acceptors (Lipinski definition) is 2. The van der Waals surface area contributed by atoms with Crippen molar-refractivity contribution >= 4 is 19.8 Å². The Kier molecular flexibility index (Phi) is 5.83. The molecule has 0 amide bonds. The lowest BCUT2D eigenvalue weighted by atomic mass is 10.1. The van der Waals surface area contributed by atoms with Crippen molar-refractivity contribution in [3.63, 3.8) is 0 Å². The van der Waals surface area contributed by atoms with Gasteiger partial charge in [0.15, 0.2) is 0 Å². The molecule has 1 nitrogen and oxygen atoms in total. The first-order chi connectivity index (χ1) is 8.23. The summed E-state index contributed by atoms with van der Waals surface area (Å²) in [5, 5.41) is 4.37. The first-order valence-corrected chi connectivity index (χ1v) is 11.6. The monoisotopic (exact) mass is 283 g/mol. The van der Waals surface area contributed by atoms with E-state index in [2.05, 4.69) is 69.0 Å². The average molecular weight is 284 g/mol. The molecular formula is C15H29NSSi. The van der Waals surface area contributed by atoms with Crippen molar-refractivity contribution < 1.29 is 0 Å². The van der Waals surface area contributed by atoms with E-state index >= 15 is 0 Å². The Morgan fingerprint density at radius 1 is 1.22 bits per heavy atom. The molecule has 2 atom stereocenters. The van der Waals surface area contributed by atoms with E-state index in [1.54, 1.807) is 0 Å². The topological polar surface area (TPSA) is 12.0 Å². The van der Waals surface area contributed by atoms with Gasteiger partial charge in [-0.15, -0.1) is 17.3 Å². The maximum atomic E-state index is 3.69. The lowest BCUT2D eigenvalue weighted by Gasteiger charge is -2.16. The Hall–Kier alpha value is 0.0869. The van der Waals surface area contributed by atoms with Crippen LogP contribution in [0.3, 0.4) is 0 Å². The zero-order chi connectivity index (χ0) is 13.8. The molecule has 2 unspecified atom stereocenters. The Morgan fingerprint density at radius 3 is 2.44 bits per heavy atom. The van der Waals surface area contributed by atoms with Crippen LogP contribution in [0.15, 0.2) is 0 Å². The van der Waals surface area contributed by atoms with Crippen LogP contribution in [0.5, 0.6) is 0 Å². The third kappa shape index (κ3) is 5.82. The minimum Gasteiger partial charge on any atom is -0.289 e. The SMILES string of the molecule is CCCCCC1SC(C)(C)NC1C#C[Si](C)(C)C. The van der Waals surface area contributed by atoms with Crippen molar-refractivity contribution in [1.82, 2.24) is 5.32 Å². The third-order valence-electron chi connectivity index (χ3n) is 3.02. The van der Waals surface area contributed by atoms with Crippen LogP contribution in [0.1, 0.15) is 46.5 Å². The van der Waals surface area contributed by atoms with E-state index in [0.29, 0.717) is 11.3 Å². The largest absolute Gasteiger partial charge is 0.289 e. The molecule has 0 aliphatic carbocycles. The third-order valence-corrected chi connectivity index (χ3v) is 5.43. The van der Waals surface area contributed by atoms with Gasteiger partial charge < -0.3 is 0 Å². The summed E-state index contributed by atoms with van der Waals surface area (Å²) in [6.07, 6.45) is 5.31. The van der Waals surface area contributed by atoms with E-state index in [-0.39, 0.29) is 4.87 Å². The highest BCUT2D eigenvalue weighted by molar-refractivity contribution is 8.01. The van der Waals surface area contributed by atoms with Gasteiger partial charge in [0.25, 0.3) is 0 Å². The summed E-state index contributed by atoms with van der Waals surface area (Å²) in [4.78, 5) is 0.190. The van der Waals surface area contributed by atoms with Gasteiger partial charge in [-0.1, -0.05) is 51.7 Å². The van der Waals surface area contributed by atoms with E-state index < -0.39 is 8.07 Å². The summed E-state index contributed by atoms with van der Waals surface area (Å²) < 4.78 is 0. The molecule has 0 saturated carbocycles. The fourth-order valence-electron chi connectivity index (χ4n) is 2.19. The molecule has 104 valence electrons. The average Bonchev–Trinajstić information content (AvgIpc) is 2.50. The summed E-state index contributed by atoms with van der Waals surface area (Å²) in [5.41, 5.74) is 3.54. The fourth-order valence-corrected chi connectivity index (χ4v) is 4.29. The molecule has 1 heterocycles. The Morgan fingerprint density at radius 2 is 1.89 bits per heavy atom. The predicted octanol–water partition coefficient (Wildman–Crippen LogP) is 4.26. The van der Waals surface area contributed by atoms with Crippen LogP contribution in [0.2, 0.25) is 19.6 Å². The first kappa shape index (κ1) is 16.1. The summed E-state index contributed by atoms with van der Waals surface area (Å²) in [5.74, 6) is 3.53.